The van der Waals surface area contributed by atoms with Crippen LogP contribution in [0.1, 0.15) is 0 Å². The van der Waals surface area contributed by atoms with Crippen molar-refractivity contribution in [2.75, 3.05) is 0 Å². The number of para-hydroxylation sites is 5. The molecule has 0 radical (unpaired) electrons. The van der Waals surface area contributed by atoms with Crippen LogP contribution in [0, 0.1) is 0 Å². The number of fused-ring (bicyclic) bond motifs is 13. The van der Waals surface area contributed by atoms with Crippen LogP contribution in [0.4, 0.5) is 0 Å². The van der Waals surface area contributed by atoms with Crippen LogP contribution in [-0.4, -0.2) is 18.7 Å². The Hall–Kier alpha value is -7.95. The van der Waals surface area contributed by atoms with E-state index in [4.69, 9.17) is 4.98 Å². The van der Waals surface area contributed by atoms with Gasteiger partial charge in [-0.05, 0) is 72.8 Å². The predicted molar refractivity (Wildman–Crippen MR) is 248 cm³/mol. The first kappa shape index (κ1) is 32.2. The highest BCUT2D eigenvalue weighted by molar-refractivity contribution is 6.29. The molecule has 9 aromatic carbocycles. The van der Waals surface area contributed by atoms with Gasteiger partial charge in [-0.15, -0.1) is 0 Å². The first-order chi connectivity index (χ1) is 29.3. The summed E-state index contributed by atoms with van der Waals surface area (Å²) in [5.41, 5.74) is 13.6. The predicted octanol–water partition coefficient (Wildman–Crippen LogP) is 14.3. The molecular formula is C55H34N4. The van der Waals surface area contributed by atoms with Gasteiger partial charge in [0.1, 0.15) is 0 Å². The SMILES string of the molecule is c1ccc(-c2nc3ccccc3c3c2ccc2c3c3ccccc3n2-c2cccc(-n3c4ccccc4c4cc(-n5c6ccccc6c6ccccc65)ccc43)c2)cc1. The Morgan fingerprint density at radius 1 is 0.271 bits per heavy atom. The van der Waals surface area contributed by atoms with Gasteiger partial charge in [-0.2, -0.15) is 0 Å². The van der Waals surface area contributed by atoms with Crippen LogP contribution in [0.5, 0.6) is 0 Å². The third kappa shape index (κ3) is 4.57. The molecule has 4 heteroatoms. The van der Waals surface area contributed by atoms with Crippen molar-refractivity contribution in [2.24, 2.45) is 0 Å². The number of hydrogen-bond acceptors (Lipinski definition) is 1. The zero-order valence-corrected chi connectivity index (χ0v) is 31.9. The fraction of sp³-hybridized carbons (Fsp3) is 0. The number of aromatic nitrogens is 4. The van der Waals surface area contributed by atoms with Gasteiger partial charge in [-0.1, -0.05) is 133 Å². The largest absolute Gasteiger partial charge is 0.309 e. The van der Waals surface area contributed by atoms with Crippen LogP contribution in [0.15, 0.2) is 206 Å². The molecule has 0 amide bonds. The first-order valence-corrected chi connectivity index (χ1v) is 20.2. The summed E-state index contributed by atoms with van der Waals surface area (Å²) in [6.07, 6.45) is 0. The normalized spacial score (nSPS) is 12.1. The summed E-state index contributed by atoms with van der Waals surface area (Å²) in [7, 11) is 0. The van der Waals surface area contributed by atoms with Crippen LogP contribution < -0.4 is 0 Å². The average molecular weight is 751 g/mol. The zero-order valence-electron chi connectivity index (χ0n) is 31.9. The quantitative estimate of drug-likeness (QED) is 0.165. The smallest absolute Gasteiger partial charge is 0.0788 e. The van der Waals surface area contributed by atoms with Gasteiger partial charge in [-0.25, -0.2) is 4.98 Å². The van der Waals surface area contributed by atoms with Gasteiger partial charge in [-0.3, -0.25) is 0 Å². The van der Waals surface area contributed by atoms with E-state index < -0.39 is 0 Å². The fourth-order valence-electron chi connectivity index (χ4n) is 9.95. The van der Waals surface area contributed by atoms with Crippen LogP contribution >= 0.6 is 0 Å². The highest BCUT2D eigenvalue weighted by atomic mass is 15.0. The van der Waals surface area contributed by atoms with E-state index in [0.29, 0.717) is 0 Å². The molecule has 13 aromatic rings. The molecule has 0 bridgehead atoms. The minimum absolute atomic E-state index is 0.998. The molecule has 0 N–H and O–H groups in total. The van der Waals surface area contributed by atoms with E-state index in [2.05, 4.69) is 220 Å². The summed E-state index contributed by atoms with van der Waals surface area (Å²) in [5, 5.41) is 11.0. The molecule has 0 aliphatic heterocycles. The van der Waals surface area contributed by atoms with Crippen molar-refractivity contribution >= 4 is 87.1 Å². The lowest BCUT2D eigenvalue weighted by atomic mass is 9.96. The minimum atomic E-state index is 0.998. The second-order valence-corrected chi connectivity index (χ2v) is 15.5. The van der Waals surface area contributed by atoms with E-state index >= 15 is 0 Å². The molecule has 0 fully saturated rings. The zero-order chi connectivity index (χ0) is 38.6. The molecule has 0 aliphatic carbocycles. The maximum atomic E-state index is 5.25. The summed E-state index contributed by atoms with van der Waals surface area (Å²) in [6, 6.07) is 74.8. The van der Waals surface area contributed by atoms with Crippen molar-refractivity contribution in [2.45, 2.75) is 0 Å². The van der Waals surface area contributed by atoms with Gasteiger partial charge in [0.25, 0.3) is 0 Å². The third-order valence-corrected chi connectivity index (χ3v) is 12.4. The van der Waals surface area contributed by atoms with E-state index in [1.54, 1.807) is 0 Å². The summed E-state index contributed by atoms with van der Waals surface area (Å²) in [4.78, 5) is 5.25. The van der Waals surface area contributed by atoms with E-state index in [0.717, 1.165) is 44.6 Å². The Balaban J connectivity index is 1.05. The molecule has 0 saturated carbocycles. The van der Waals surface area contributed by atoms with Crippen molar-refractivity contribution in [3.63, 3.8) is 0 Å². The first-order valence-electron chi connectivity index (χ1n) is 20.2. The lowest BCUT2D eigenvalue weighted by Crippen LogP contribution is -1.99. The van der Waals surface area contributed by atoms with Crippen LogP contribution in [0.25, 0.3) is 115 Å². The summed E-state index contributed by atoms with van der Waals surface area (Å²) >= 11 is 0. The highest BCUT2D eigenvalue weighted by Crippen LogP contribution is 2.43. The maximum absolute atomic E-state index is 5.25. The number of nitrogens with zero attached hydrogens (tertiary/aromatic N) is 4. The second-order valence-electron chi connectivity index (χ2n) is 15.5. The Kier molecular flexibility index (Phi) is 6.69. The molecule has 0 spiro atoms. The lowest BCUT2D eigenvalue weighted by Gasteiger charge is -2.14. The fourth-order valence-corrected chi connectivity index (χ4v) is 9.95. The van der Waals surface area contributed by atoms with E-state index in [1.165, 1.54) is 70.8 Å². The Labute approximate surface area is 339 Å². The van der Waals surface area contributed by atoms with Gasteiger partial charge < -0.3 is 13.7 Å². The highest BCUT2D eigenvalue weighted by Gasteiger charge is 2.21. The summed E-state index contributed by atoms with van der Waals surface area (Å²) < 4.78 is 7.28. The molecule has 59 heavy (non-hydrogen) atoms. The summed E-state index contributed by atoms with van der Waals surface area (Å²) in [5.74, 6) is 0. The molecule has 0 atom stereocenters. The van der Waals surface area contributed by atoms with Gasteiger partial charge in [0.2, 0.25) is 0 Å². The Morgan fingerprint density at radius 3 is 1.41 bits per heavy atom. The van der Waals surface area contributed by atoms with Crippen molar-refractivity contribution in [1.82, 2.24) is 18.7 Å². The number of benzene rings is 9. The number of hydrogen-bond donors (Lipinski definition) is 0. The average Bonchev–Trinajstić information content (AvgIpc) is 3.94. The molecule has 0 saturated heterocycles. The van der Waals surface area contributed by atoms with Crippen molar-refractivity contribution in [1.29, 1.82) is 0 Å². The number of rotatable bonds is 4. The standard InChI is InChI=1S/C55H34N4/c1-2-15-35(16-3-1)55-44-30-32-52-54(53(44)42-22-4-9-24-46(42)56-55)43-23-8-13-28-50(43)59(52)37-18-14-17-36(33-37)57-49-27-12-7-21-41(49)45-34-38(29-31-51(45)57)58-47-25-10-5-19-39(47)40-20-6-11-26-48(40)58/h1-34H. The van der Waals surface area contributed by atoms with Crippen LogP contribution in [0.3, 0.4) is 0 Å². The van der Waals surface area contributed by atoms with Gasteiger partial charge in [0, 0.05) is 71.1 Å². The topological polar surface area (TPSA) is 27.7 Å². The summed E-state index contributed by atoms with van der Waals surface area (Å²) in [6.45, 7) is 0. The van der Waals surface area contributed by atoms with Gasteiger partial charge >= 0.3 is 0 Å². The Bertz CT molecular complexity index is 3790. The molecular weight excluding hydrogens is 717 g/mol. The molecule has 13 rings (SSSR count). The molecule has 4 aromatic heterocycles. The van der Waals surface area contributed by atoms with Crippen molar-refractivity contribution in [3.05, 3.63) is 206 Å². The third-order valence-electron chi connectivity index (χ3n) is 12.4. The molecule has 0 aliphatic rings. The molecule has 274 valence electrons. The lowest BCUT2D eigenvalue weighted by molar-refractivity contribution is 1.13. The number of pyridine rings is 1. The van der Waals surface area contributed by atoms with E-state index in [1.807, 2.05) is 0 Å². The molecule has 4 heterocycles. The maximum Gasteiger partial charge on any atom is 0.0788 e. The van der Waals surface area contributed by atoms with Gasteiger partial charge in [0.15, 0.2) is 0 Å². The monoisotopic (exact) mass is 750 g/mol. The van der Waals surface area contributed by atoms with E-state index in [-0.39, 0.29) is 0 Å². The molecule has 0 unspecified atom stereocenters. The molecule has 4 nitrogen and oxygen atoms in total. The van der Waals surface area contributed by atoms with Crippen molar-refractivity contribution < 1.29 is 0 Å². The van der Waals surface area contributed by atoms with Crippen molar-refractivity contribution in [3.8, 4) is 28.3 Å². The van der Waals surface area contributed by atoms with E-state index in [9.17, 15) is 0 Å². The minimum Gasteiger partial charge on any atom is -0.309 e. The van der Waals surface area contributed by atoms with Crippen LogP contribution in [0.2, 0.25) is 0 Å². The second kappa shape index (κ2) is 12.3. The van der Waals surface area contributed by atoms with Gasteiger partial charge in [0.05, 0.1) is 44.3 Å². The van der Waals surface area contributed by atoms with Crippen LogP contribution in [-0.2, 0) is 0 Å². The Morgan fingerprint density at radius 2 is 0.746 bits per heavy atom.